The van der Waals surface area contributed by atoms with Gasteiger partial charge in [0.2, 0.25) is 5.91 Å². The van der Waals surface area contributed by atoms with Crippen LogP contribution in [0.25, 0.3) is 0 Å². The van der Waals surface area contributed by atoms with Crippen LogP contribution in [0.1, 0.15) is 12.0 Å². The molecule has 2 rings (SSSR count). The standard InChI is InChI=1S/C14H20N2O3S2/c1-16(9-11-5-3-2-4-6-11)14(17)13-7-12(8-15-13)21(18,19)10-20/h2-6,12-13,15,20H,7-10H2,1H3/t12-,13-/m1/s1. The first kappa shape index (κ1) is 16.3. The number of nitrogens with one attached hydrogen (secondary N) is 1. The summed E-state index contributed by atoms with van der Waals surface area (Å²) in [6.07, 6.45) is 0.320. The Labute approximate surface area is 131 Å². The van der Waals surface area contributed by atoms with E-state index in [1.807, 2.05) is 30.3 Å². The zero-order chi connectivity index (χ0) is 15.5. The lowest BCUT2D eigenvalue weighted by Gasteiger charge is -2.21. The number of thiol groups is 1. The van der Waals surface area contributed by atoms with Crippen molar-refractivity contribution in [1.82, 2.24) is 10.2 Å². The van der Waals surface area contributed by atoms with E-state index in [4.69, 9.17) is 0 Å². The van der Waals surface area contributed by atoms with E-state index in [1.54, 1.807) is 11.9 Å². The van der Waals surface area contributed by atoms with Gasteiger partial charge in [0.25, 0.3) is 0 Å². The van der Waals surface area contributed by atoms with E-state index in [0.717, 1.165) is 5.56 Å². The Bertz CT molecular complexity index is 589. The fourth-order valence-corrected chi connectivity index (χ4v) is 4.15. The predicted octanol–water partition coefficient (Wildman–Crippen LogP) is 0.678. The van der Waals surface area contributed by atoms with Crippen molar-refractivity contribution in [2.24, 2.45) is 0 Å². The number of hydrogen-bond acceptors (Lipinski definition) is 5. The number of sulfone groups is 1. The Morgan fingerprint density at radius 2 is 2.05 bits per heavy atom. The molecule has 1 aromatic rings. The van der Waals surface area contributed by atoms with Crippen molar-refractivity contribution in [1.29, 1.82) is 0 Å². The first-order chi connectivity index (χ1) is 9.94. The Hall–Kier alpha value is -1.05. The third kappa shape index (κ3) is 3.99. The molecular weight excluding hydrogens is 308 g/mol. The van der Waals surface area contributed by atoms with Crippen LogP contribution in [0.4, 0.5) is 0 Å². The van der Waals surface area contributed by atoms with Crippen molar-refractivity contribution < 1.29 is 13.2 Å². The maximum atomic E-state index is 12.4. The molecule has 0 bridgehead atoms. The van der Waals surface area contributed by atoms with Gasteiger partial charge in [-0.1, -0.05) is 30.3 Å². The lowest BCUT2D eigenvalue weighted by molar-refractivity contribution is -0.132. The van der Waals surface area contributed by atoms with Crippen LogP contribution in [-0.4, -0.2) is 49.2 Å². The normalized spacial score (nSPS) is 22.2. The second kappa shape index (κ2) is 6.81. The number of nitrogens with zero attached hydrogens (tertiary/aromatic N) is 1. The second-order valence-corrected chi connectivity index (χ2v) is 8.32. The zero-order valence-corrected chi connectivity index (χ0v) is 13.6. The fraction of sp³-hybridized carbons (Fsp3) is 0.500. The molecule has 0 aromatic heterocycles. The molecule has 1 saturated heterocycles. The van der Waals surface area contributed by atoms with Crippen LogP contribution in [0.2, 0.25) is 0 Å². The molecule has 1 N–H and O–H groups in total. The van der Waals surface area contributed by atoms with E-state index in [1.165, 1.54) is 0 Å². The molecule has 7 heteroatoms. The van der Waals surface area contributed by atoms with Gasteiger partial charge in [0.15, 0.2) is 9.84 Å². The summed E-state index contributed by atoms with van der Waals surface area (Å²) in [6, 6.07) is 9.27. The van der Waals surface area contributed by atoms with Gasteiger partial charge in [0.1, 0.15) is 0 Å². The monoisotopic (exact) mass is 328 g/mol. The summed E-state index contributed by atoms with van der Waals surface area (Å²) in [7, 11) is -1.48. The quantitative estimate of drug-likeness (QED) is 0.780. The highest BCUT2D eigenvalue weighted by Gasteiger charge is 2.37. The van der Waals surface area contributed by atoms with Crippen LogP contribution in [0.15, 0.2) is 30.3 Å². The Morgan fingerprint density at radius 1 is 1.38 bits per heavy atom. The van der Waals surface area contributed by atoms with E-state index in [-0.39, 0.29) is 11.0 Å². The van der Waals surface area contributed by atoms with Crippen LogP contribution in [-0.2, 0) is 21.2 Å². The Balaban J connectivity index is 1.95. The molecule has 1 aliphatic rings. The predicted molar refractivity (Wildman–Crippen MR) is 85.9 cm³/mol. The lowest BCUT2D eigenvalue weighted by atomic mass is 10.1. The maximum absolute atomic E-state index is 12.4. The molecule has 1 amide bonds. The summed E-state index contributed by atoms with van der Waals surface area (Å²) in [6.45, 7) is 0.834. The molecule has 0 saturated carbocycles. The smallest absolute Gasteiger partial charge is 0.239 e. The van der Waals surface area contributed by atoms with E-state index < -0.39 is 21.1 Å². The largest absolute Gasteiger partial charge is 0.340 e. The van der Waals surface area contributed by atoms with Crippen molar-refractivity contribution in [2.45, 2.75) is 24.3 Å². The zero-order valence-electron chi connectivity index (χ0n) is 11.9. The second-order valence-electron chi connectivity index (χ2n) is 5.29. The molecule has 5 nitrogen and oxygen atoms in total. The molecule has 0 unspecified atom stereocenters. The third-order valence-corrected chi connectivity index (χ3v) is 6.53. The average Bonchev–Trinajstić information content (AvgIpc) is 2.98. The minimum atomic E-state index is -3.22. The van der Waals surface area contributed by atoms with Crippen LogP contribution in [0.3, 0.4) is 0 Å². The summed E-state index contributed by atoms with van der Waals surface area (Å²) < 4.78 is 23.6. The third-order valence-electron chi connectivity index (χ3n) is 3.72. The molecule has 0 spiro atoms. The number of hydrogen-bond donors (Lipinski definition) is 2. The summed E-state index contributed by atoms with van der Waals surface area (Å²) in [5, 5.41) is 2.31. The number of likely N-dealkylation sites (N-methyl/N-ethyl adjacent to an activating group) is 1. The van der Waals surface area contributed by atoms with Gasteiger partial charge in [-0.15, -0.1) is 0 Å². The summed E-state index contributed by atoms with van der Waals surface area (Å²) >= 11 is 3.85. The van der Waals surface area contributed by atoms with Crippen molar-refractivity contribution in [3.05, 3.63) is 35.9 Å². The van der Waals surface area contributed by atoms with Gasteiger partial charge in [-0.2, -0.15) is 12.6 Å². The van der Waals surface area contributed by atoms with Crippen molar-refractivity contribution >= 4 is 28.4 Å². The Morgan fingerprint density at radius 3 is 2.67 bits per heavy atom. The van der Waals surface area contributed by atoms with Crippen LogP contribution >= 0.6 is 12.6 Å². The molecule has 1 heterocycles. The first-order valence-corrected chi connectivity index (χ1v) is 9.13. The van der Waals surface area contributed by atoms with Gasteiger partial charge in [-0.3, -0.25) is 4.79 Å². The summed E-state index contributed by atoms with van der Waals surface area (Å²) in [5.74, 6) is -0.0734. The van der Waals surface area contributed by atoms with E-state index >= 15 is 0 Å². The number of amides is 1. The van der Waals surface area contributed by atoms with Crippen molar-refractivity contribution in [3.63, 3.8) is 0 Å². The molecule has 1 fully saturated rings. The maximum Gasteiger partial charge on any atom is 0.239 e. The number of carbonyl (C=O) groups excluding carboxylic acids is 1. The SMILES string of the molecule is CN(Cc1ccccc1)C(=O)[C@H]1C[C@@H](S(=O)(=O)CS)CN1. The van der Waals surface area contributed by atoms with E-state index in [9.17, 15) is 13.2 Å². The fourth-order valence-electron chi connectivity index (χ4n) is 2.47. The number of benzene rings is 1. The van der Waals surface area contributed by atoms with Gasteiger partial charge in [-0.25, -0.2) is 8.42 Å². The minimum Gasteiger partial charge on any atom is -0.340 e. The number of rotatable bonds is 5. The topological polar surface area (TPSA) is 66.5 Å². The molecule has 0 aliphatic carbocycles. The minimum absolute atomic E-state index is 0.0734. The highest BCUT2D eigenvalue weighted by molar-refractivity contribution is 8.04. The first-order valence-electron chi connectivity index (χ1n) is 6.78. The van der Waals surface area contributed by atoms with Gasteiger partial charge in [0.05, 0.1) is 16.4 Å². The van der Waals surface area contributed by atoms with E-state index in [2.05, 4.69) is 17.9 Å². The van der Waals surface area contributed by atoms with E-state index in [0.29, 0.717) is 19.5 Å². The molecule has 21 heavy (non-hydrogen) atoms. The van der Waals surface area contributed by atoms with Crippen LogP contribution < -0.4 is 5.32 Å². The van der Waals surface area contributed by atoms with Gasteiger partial charge in [0, 0.05) is 20.1 Å². The van der Waals surface area contributed by atoms with Crippen molar-refractivity contribution in [3.8, 4) is 0 Å². The van der Waals surface area contributed by atoms with Gasteiger partial charge >= 0.3 is 0 Å². The molecule has 2 atom stereocenters. The van der Waals surface area contributed by atoms with Gasteiger partial charge in [-0.05, 0) is 12.0 Å². The molecular formula is C14H20N2O3S2. The molecule has 1 aromatic carbocycles. The highest BCUT2D eigenvalue weighted by atomic mass is 32.2. The lowest BCUT2D eigenvalue weighted by Crippen LogP contribution is -2.41. The summed E-state index contributed by atoms with van der Waals surface area (Å²) in [4.78, 5) is 14.0. The van der Waals surface area contributed by atoms with Crippen LogP contribution in [0.5, 0.6) is 0 Å². The van der Waals surface area contributed by atoms with Gasteiger partial charge < -0.3 is 10.2 Å². The Kier molecular flexibility index (Phi) is 5.29. The molecule has 0 radical (unpaired) electrons. The number of carbonyl (C=O) groups is 1. The van der Waals surface area contributed by atoms with Crippen LogP contribution in [0, 0.1) is 0 Å². The summed E-state index contributed by atoms with van der Waals surface area (Å²) in [5.41, 5.74) is 1.05. The average molecular weight is 328 g/mol. The highest BCUT2D eigenvalue weighted by Crippen LogP contribution is 2.18. The molecule has 1 aliphatic heterocycles. The van der Waals surface area contributed by atoms with Crippen molar-refractivity contribution in [2.75, 3.05) is 18.7 Å². The molecule has 116 valence electrons.